The highest BCUT2D eigenvalue weighted by Gasteiger charge is 2.58. The van der Waals surface area contributed by atoms with E-state index in [1.807, 2.05) is 0 Å². The van der Waals surface area contributed by atoms with Crippen LogP contribution in [-0.2, 0) is 6.42 Å². The molecule has 4 saturated carbocycles. The van der Waals surface area contributed by atoms with Crippen LogP contribution in [0, 0.1) is 11.8 Å². The molecule has 106 valence electrons. The van der Waals surface area contributed by atoms with Crippen molar-refractivity contribution in [3.63, 3.8) is 0 Å². The molecular formula is C18H24N2. The Morgan fingerprint density at radius 3 is 2.55 bits per heavy atom. The average molecular weight is 268 g/mol. The van der Waals surface area contributed by atoms with E-state index in [4.69, 9.17) is 5.73 Å². The van der Waals surface area contributed by atoms with Gasteiger partial charge in [0.2, 0.25) is 0 Å². The second kappa shape index (κ2) is 3.59. The van der Waals surface area contributed by atoms with Gasteiger partial charge >= 0.3 is 0 Å². The van der Waals surface area contributed by atoms with Gasteiger partial charge in [0.1, 0.15) is 0 Å². The Balaban J connectivity index is 1.58. The Kier molecular flexibility index (Phi) is 2.09. The van der Waals surface area contributed by atoms with Crippen LogP contribution in [-0.4, -0.2) is 17.6 Å². The highest BCUT2D eigenvalue weighted by atomic mass is 15.2. The van der Waals surface area contributed by atoms with Crippen molar-refractivity contribution in [3.8, 4) is 0 Å². The van der Waals surface area contributed by atoms with Crippen molar-refractivity contribution in [2.75, 3.05) is 11.4 Å². The third kappa shape index (κ3) is 1.43. The van der Waals surface area contributed by atoms with Crippen molar-refractivity contribution >= 4 is 5.69 Å². The number of nitrogens with zero attached hydrogens (tertiary/aromatic N) is 1. The van der Waals surface area contributed by atoms with E-state index in [1.54, 1.807) is 5.56 Å². The molecule has 2 N–H and O–H groups in total. The van der Waals surface area contributed by atoms with Gasteiger partial charge in [-0.2, -0.15) is 0 Å². The lowest BCUT2D eigenvalue weighted by atomic mass is 9.49. The van der Waals surface area contributed by atoms with E-state index < -0.39 is 0 Å². The molecule has 1 aromatic carbocycles. The van der Waals surface area contributed by atoms with Gasteiger partial charge in [-0.3, -0.25) is 0 Å². The van der Waals surface area contributed by atoms with E-state index in [9.17, 15) is 0 Å². The summed E-state index contributed by atoms with van der Waals surface area (Å²) in [5.41, 5.74) is 10.4. The third-order valence-corrected chi connectivity index (χ3v) is 6.54. The largest absolute Gasteiger partial charge is 0.365 e. The fourth-order valence-electron chi connectivity index (χ4n) is 6.43. The second-order valence-corrected chi connectivity index (χ2v) is 8.08. The van der Waals surface area contributed by atoms with Gasteiger partial charge in [0.05, 0.1) is 0 Å². The SMILES string of the molecule is NC12CC3CC(C1)CC(N1CCc4ccccc41)(C3)C2. The maximum atomic E-state index is 6.77. The van der Waals surface area contributed by atoms with Crippen LogP contribution in [0.2, 0.25) is 0 Å². The highest BCUT2D eigenvalue weighted by Crippen LogP contribution is 2.59. The van der Waals surface area contributed by atoms with Gasteiger partial charge in [0.15, 0.2) is 0 Å². The third-order valence-electron chi connectivity index (χ3n) is 6.54. The molecule has 1 aromatic rings. The normalized spacial score (nSPS) is 45.0. The van der Waals surface area contributed by atoms with E-state index >= 15 is 0 Å². The fraction of sp³-hybridized carbons (Fsp3) is 0.667. The molecule has 0 amide bonds. The van der Waals surface area contributed by atoms with Crippen LogP contribution in [0.15, 0.2) is 24.3 Å². The van der Waals surface area contributed by atoms with Crippen molar-refractivity contribution < 1.29 is 0 Å². The Morgan fingerprint density at radius 1 is 1.05 bits per heavy atom. The molecule has 2 heteroatoms. The summed E-state index contributed by atoms with van der Waals surface area (Å²) in [5, 5.41) is 0. The minimum absolute atomic E-state index is 0.154. The molecule has 6 rings (SSSR count). The maximum Gasteiger partial charge on any atom is 0.0425 e. The minimum Gasteiger partial charge on any atom is -0.365 e. The molecule has 4 aliphatic carbocycles. The predicted molar refractivity (Wildman–Crippen MR) is 81.8 cm³/mol. The van der Waals surface area contributed by atoms with Crippen LogP contribution in [0.4, 0.5) is 5.69 Å². The van der Waals surface area contributed by atoms with Gasteiger partial charge in [-0.15, -0.1) is 0 Å². The summed E-state index contributed by atoms with van der Waals surface area (Å²) in [6.07, 6.45) is 9.30. The van der Waals surface area contributed by atoms with Crippen molar-refractivity contribution in [2.45, 2.75) is 56.0 Å². The molecule has 2 unspecified atom stereocenters. The molecule has 0 saturated heterocycles. The molecule has 2 atom stereocenters. The van der Waals surface area contributed by atoms with Crippen LogP contribution in [0.3, 0.4) is 0 Å². The monoisotopic (exact) mass is 268 g/mol. The summed E-state index contributed by atoms with van der Waals surface area (Å²) in [6, 6.07) is 9.04. The van der Waals surface area contributed by atoms with Crippen LogP contribution >= 0.6 is 0 Å². The average Bonchev–Trinajstić information content (AvgIpc) is 2.80. The first-order valence-corrected chi connectivity index (χ1v) is 8.30. The van der Waals surface area contributed by atoms with E-state index in [2.05, 4.69) is 29.2 Å². The second-order valence-electron chi connectivity index (χ2n) is 8.08. The quantitative estimate of drug-likeness (QED) is 0.848. The molecule has 4 bridgehead atoms. The van der Waals surface area contributed by atoms with Crippen LogP contribution in [0.25, 0.3) is 0 Å². The zero-order valence-electron chi connectivity index (χ0n) is 12.1. The fourth-order valence-corrected chi connectivity index (χ4v) is 6.43. The van der Waals surface area contributed by atoms with E-state index in [-0.39, 0.29) is 5.54 Å². The minimum atomic E-state index is 0.154. The maximum absolute atomic E-state index is 6.77. The number of para-hydroxylation sites is 1. The number of fused-ring (bicyclic) bond motifs is 1. The van der Waals surface area contributed by atoms with Gasteiger partial charge in [0.25, 0.3) is 0 Å². The number of benzene rings is 1. The van der Waals surface area contributed by atoms with Gasteiger partial charge in [-0.25, -0.2) is 0 Å². The summed E-state index contributed by atoms with van der Waals surface area (Å²) in [6.45, 7) is 1.22. The van der Waals surface area contributed by atoms with E-state index in [0.717, 1.165) is 11.8 Å². The lowest BCUT2D eigenvalue weighted by Crippen LogP contribution is -2.68. The van der Waals surface area contributed by atoms with Gasteiger partial charge in [-0.1, -0.05) is 18.2 Å². The summed E-state index contributed by atoms with van der Waals surface area (Å²) in [7, 11) is 0. The van der Waals surface area contributed by atoms with Crippen molar-refractivity contribution in [2.24, 2.45) is 17.6 Å². The van der Waals surface area contributed by atoms with Crippen LogP contribution in [0.1, 0.15) is 44.1 Å². The van der Waals surface area contributed by atoms with E-state index in [1.165, 1.54) is 57.2 Å². The standard InChI is InChI=1S/C18H24N2/c19-17-8-13-7-14(9-17)11-18(10-13,12-17)20-6-5-15-3-1-2-4-16(15)20/h1-4,13-14H,5-12,19H2. The predicted octanol–water partition coefficient (Wildman–Crippen LogP) is 3.10. The summed E-state index contributed by atoms with van der Waals surface area (Å²) in [4.78, 5) is 2.77. The van der Waals surface area contributed by atoms with Gasteiger partial charge in [0, 0.05) is 23.3 Å². The van der Waals surface area contributed by atoms with Crippen molar-refractivity contribution in [1.82, 2.24) is 0 Å². The molecule has 1 heterocycles. The Labute approximate surface area is 121 Å². The number of rotatable bonds is 1. The first-order chi connectivity index (χ1) is 9.66. The first kappa shape index (κ1) is 11.6. The first-order valence-electron chi connectivity index (χ1n) is 8.30. The smallest absolute Gasteiger partial charge is 0.0425 e. The molecule has 0 radical (unpaired) electrons. The lowest BCUT2D eigenvalue weighted by Gasteiger charge is -2.64. The highest BCUT2D eigenvalue weighted by molar-refractivity contribution is 5.60. The molecule has 5 aliphatic rings. The Morgan fingerprint density at radius 2 is 1.80 bits per heavy atom. The van der Waals surface area contributed by atoms with Crippen molar-refractivity contribution in [3.05, 3.63) is 29.8 Å². The van der Waals surface area contributed by atoms with Gasteiger partial charge < -0.3 is 10.6 Å². The molecular weight excluding hydrogens is 244 g/mol. The molecule has 0 spiro atoms. The van der Waals surface area contributed by atoms with E-state index in [0.29, 0.717) is 5.54 Å². The molecule has 0 aromatic heterocycles. The number of hydrogen-bond donors (Lipinski definition) is 1. The number of hydrogen-bond acceptors (Lipinski definition) is 2. The zero-order chi connectivity index (χ0) is 13.4. The molecule has 20 heavy (non-hydrogen) atoms. The topological polar surface area (TPSA) is 29.3 Å². The number of nitrogens with two attached hydrogens (primary N) is 1. The van der Waals surface area contributed by atoms with Crippen LogP contribution < -0.4 is 10.6 Å². The van der Waals surface area contributed by atoms with Crippen molar-refractivity contribution in [1.29, 1.82) is 0 Å². The Bertz CT molecular complexity index is 550. The van der Waals surface area contributed by atoms with Crippen LogP contribution in [0.5, 0.6) is 0 Å². The zero-order valence-corrected chi connectivity index (χ0v) is 12.1. The van der Waals surface area contributed by atoms with Gasteiger partial charge in [-0.05, 0) is 68.4 Å². The summed E-state index contributed by atoms with van der Waals surface area (Å²) >= 11 is 0. The number of anilines is 1. The molecule has 4 fully saturated rings. The molecule has 2 nitrogen and oxygen atoms in total. The summed E-state index contributed by atoms with van der Waals surface area (Å²) in [5.74, 6) is 1.79. The summed E-state index contributed by atoms with van der Waals surface area (Å²) < 4.78 is 0. The lowest BCUT2D eigenvalue weighted by molar-refractivity contribution is -0.0207. The Hall–Kier alpha value is -1.02. The molecule has 1 aliphatic heterocycles.